The molecule has 2 saturated heterocycles. The van der Waals surface area contributed by atoms with E-state index in [1.807, 2.05) is 12.1 Å². The molecule has 3 heterocycles. The minimum Gasteiger partial charge on any atom is -0.368 e. The normalized spacial score (nSPS) is 21.8. The Morgan fingerprint density at radius 1 is 1.48 bits per heavy atom. The third kappa shape index (κ3) is 3.21. The molecule has 2 amide bonds. The van der Waals surface area contributed by atoms with E-state index >= 15 is 0 Å². The summed E-state index contributed by atoms with van der Waals surface area (Å²) in [5.41, 5.74) is 0.936. The standard InChI is InChI=1S/C15H19N3O3/c19-14-4-1-7-18(14)13-9-11(5-6-16-13)10-17-15(20)12-3-2-8-21-12/h5-6,9,12H,1-4,7-8,10H2,(H,17,20)/t12-/m0/s1. The maximum Gasteiger partial charge on any atom is 0.249 e. The zero-order valence-electron chi connectivity index (χ0n) is 11.9. The average Bonchev–Trinajstić information content (AvgIpc) is 3.16. The molecule has 1 aromatic heterocycles. The van der Waals surface area contributed by atoms with Crippen molar-refractivity contribution in [3.8, 4) is 0 Å². The number of nitrogens with zero attached hydrogens (tertiary/aromatic N) is 2. The summed E-state index contributed by atoms with van der Waals surface area (Å²) in [6.07, 6.45) is 4.55. The number of nitrogens with one attached hydrogen (secondary N) is 1. The summed E-state index contributed by atoms with van der Waals surface area (Å²) in [5, 5.41) is 2.87. The van der Waals surface area contributed by atoms with Crippen molar-refractivity contribution in [3.63, 3.8) is 0 Å². The van der Waals surface area contributed by atoms with Gasteiger partial charge in [-0.15, -0.1) is 0 Å². The van der Waals surface area contributed by atoms with Crippen molar-refractivity contribution in [1.82, 2.24) is 10.3 Å². The Morgan fingerprint density at radius 2 is 2.38 bits per heavy atom. The quantitative estimate of drug-likeness (QED) is 0.897. The van der Waals surface area contributed by atoms with E-state index in [4.69, 9.17) is 4.74 Å². The van der Waals surface area contributed by atoms with Gasteiger partial charge in [-0.2, -0.15) is 0 Å². The number of aromatic nitrogens is 1. The third-order valence-electron chi connectivity index (χ3n) is 3.85. The highest BCUT2D eigenvalue weighted by atomic mass is 16.5. The topological polar surface area (TPSA) is 71.5 Å². The predicted octanol–water partition coefficient (Wildman–Crippen LogP) is 1.00. The number of carbonyl (C=O) groups excluding carboxylic acids is 2. The molecule has 1 atom stereocenters. The average molecular weight is 289 g/mol. The first-order valence-electron chi connectivity index (χ1n) is 7.38. The van der Waals surface area contributed by atoms with Gasteiger partial charge in [-0.1, -0.05) is 0 Å². The molecule has 0 saturated carbocycles. The molecule has 2 aliphatic rings. The van der Waals surface area contributed by atoms with Gasteiger partial charge in [0.05, 0.1) is 0 Å². The number of anilines is 1. The Kier molecular flexibility index (Phi) is 4.15. The van der Waals surface area contributed by atoms with Crippen LogP contribution in [0.4, 0.5) is 5.82 Å². The lowest BCUT2D eigenvalue weighted by Crippen LogP contribution is -2.33. The van der Waals surface area contributed by atoms with Crippen LogP contribution in [0.2, 0.25) is 0 Å². The highest BCUT2D eigenvalue weighted by molar-refractivity contribution is 5.94. The Bertz CT molecular complexity index is 541. The summed E-state index contributed by atoms with van der Waals surface area (Å²) >= 11 is 0. The molecular weight excluding hydrogens is 270 g/mol. The molecule has 2 aliphatic heterocycles. The zero-order valence-corrected chi connectivity index (χ0v) is 11.9. The van der Waals surface area contributed by atoms with E-state index in [9.17, 15) is 9.59 Å². The molecule has 21 heavy (non-hydrogen) atoms. The number of amides is 2. The number of rotatable bonds is 4. The number of ether oxygens (including phenoxy) is 1. The van der Waals surface area contributed by atoms with Gasteiger partial charge in [0.1, 0.15) is 11.9 Å². The SMILES string of the molecule is O=C(NCc1ccnc(N2CCCC2=O)c1)[C@@H]1CCCO1. The summed E-state index contributed by atoms with van der Waals surface area (Å²) in [4.78, 5) is 29.6. The lowest BCUT2D eigenvalue weighted by molar-refractivity contribution is -0.130. The molecule has 0 unspecified atom stereocenters. The van der Waals surface area contributed by atoms with Crippen molar-refractivity contribution in [3.05, 3.63) is 23.9 Å². The molecule has 6 heteroatoms. The number of hydrogen-bond acceptors (Lipinski definition) is 4. The van der Waals surface area contributed by atoms with Crippen LogP contribution in [0.3, 0.4) is 0 Å². The largest absolute Gasteiger partial charge is 0.368 e. The number of pyridine rings is 1. The first kappa shape index (κ1) is 14.0. The van der Waals surface area contributed by atoms with E-state index in [1.54, 1.807) is 11.1 Å². The van der Waals surface area contributed by atoms with E-state index in [0.717, 1.165) is 31.4 Å². The van der Waals surface area contributed by atoms with Crippen molar-refractivity contribution in [1.29, 1.82) is 0 Å². The second kappa shape index (κ2) is 6.22. The summed E-state index contributed by atoms with van der Waals surface area (Å²) in [5.74, 6) is 0.715. The molecule has 1 N–H and O–H groups in total. The van der Waals surface area contributed by atoms with Gasteiger partial charge in [0, 0.05) is 32.3 Å². The Labute approximate surface area is 123 Å². The monoisotopic (exact) mass is 289 g/mol. The minimum atomic E-state index is -0.313. The van der Waals surface area contributed by atoms with Gasteiger partial charge in [-0.3, -0.25) is 14.5 Å². The van der Waals surface area contributed by atoms with Crippen LogP contribution in [0, 0.1) is 0 Å². The van der Waals surface area contributed by atoms with Crippen molar-refractivity contribution >= 4 is 17.6 Å². The fourth-order valence-corrected chi connectivity index (χ4v) is 2.70. The van der Waals surface area contributed by atoms with E-state index in [0.29, 0.717) is 25.4 Å². The first-order chi connectivity index (χ1) is 10.2. The fraction of sp³-hybridized carbons (Fsp3) is 0.533. The Hall–Kier alpha value is -1.95. The van der Waals surface area contributed by atoms with E-state index in [2.05, 4.69) is 10.3 Å². The summed E-state index contributed by atoms with van der Waals surface area (Å²) in [7, 11) is 0. The van der Waals surface area contributed by atoms with Gasteiger partial charge < -0.3 is 10.1 Å². The summed E-state index contributed by atoms with van der Waals surface area (Å²) in [6.45, 7) is 1.81. The molecule has 0 bridgehead atoms. The van der Waals surface area contributed by atoms with E-state index < -0.39 is 0 Å². The van der Waals surface area contributed by atoms with Crippen LogP contribution < -0.4 is 10.2 Å². The molecule has 6 nitrogen and oxygen atoms in total. The molecule has 3 rings (SSSR count). The molecule has 0 aromatic carbocycles. The maximum absolute atomic E-state index is 11.9. The molecule has 0 spiro atoms. The van der Waals surface area contributed by atoms with E-state index in [1.165, 1.54) is 0 Å². The Morgan fingerprint density at radius 3 is 3.10 bits per heavy atom. The number of carbonyl (C=O) groups is 2. The molecule has 1 aromatic rings. The lowest BCUT2D eigenvalue weighted by Gasteiger charge is -2.15. The molecule has 0 aliphatic carbocycles. The summed E-state index contributed by atoms with van der Waals surface area (Å²) < 4.78 is 5.34. The fourth-order valence-electron chi connectivity index (χ4n) is 2.70. The zero-order chi connectivity index (χ0) is 14.7. The van der Waals surface area contributed by atoms with Crippen LogP contribution in [-0.4, -0.2) is 36.1 Å². The van der Waals surface area contributed by atoms with Crippen LogP contribution in [0.15, 0.2) is 18.3 Å². The second-order valence-corrected chi connectivity index (χ2v) is 5.39. The van der Waals surface area contributed by atoms with Gasteiger partial charge >= 0.3 is 0 Å². The van der Waals surface area contributed by atoms with Crippen LogP contribution in [0.5, 0.6) is 0 Å². The van der Waals surface area contributed by atoms with Crippen LogP contribution in [0.1, 0.15) is 31.2 Å². The highest BCUT2D eigenvalue weighted by Crippen LogP contribution is 2.19. The van der Waals surface area contributed by atoms with Gasteiger partial charge in [0.15, 0.2) is 0 Å². The minimum absolute atomic E-state index is 0.0666. The molecule has 2 fully saturated rings. The number of hydrogen-bond donors (Lipinski definition) is 1. The first-order valence-corrected chi connectivity index (χ1v) is 7.38. The van der Waals surface area contributed by atoms with Gasteiger partial charge in [0.25, 0.3) is 0 Å². The molecule has 112 valence electrons. The highest BCUT2D eigenvalue weighted by Gasteiger charge is 2.24. The van der Waals surface area contributed by atoms with Gasteiger partial charge in [-0.05, 0) is 37.0 Å². The summed E-state index contributed by atoms with van der Waals surface area (Å²) in [6, 6.07) is 3.71. The smallest absolute Gasteiger partial charge is 0.249 e. The van der Waals surface area contributed by atoms with E-state index in [-0.39, 0.29) is 17.9 Å². The molecule has 0 radical (unpaired) electrons. The van der Waals surface area contributed by atoms with Crippen molar-refractivity contribution in [2.45, 2.75) is 38.3 Å². The van der Waals surface area contributed by atoms with Gasteiger partial charge in [0.2, 0.25) is 11.8 Å². The van der Waals surface area contributed by atoms with Crippen LogP contribution >= 0.6 is 0 Å². The van der Waals surface area contributed by atoms with Crippen LogP contribution in [0.25, 0.3) is 0 Å². The maximum atomic E-state index is 11.9. The predicted molar refractivity (Wildman–Crippen MR) is 76.6 cm³/mol. The van der Waals surface area contributed by atoms with Crippen molar-refractivity contribution < 1.29 is 14.3 Å². The Balaban J connectivity index is 1.60. The second-order valence-electron chi connectivity index (χ2n) is 5.39. The third-order valence-corrected chi connectivity index (χ3v) is 3.85. The van der Waals surface area contributed by atoms with Gasteiger partial charge in [-0.25, -0.2) is 4.98 Å². The van der Waals surface area contributed by atoms with Crippen molar-refractivity contribution in [2.24, 2.45) is 0 Å². The lowest BCUT2D eigenvalue weighted by atomic mass is 10.2. The van der Waals surface area contributed by atoms with Crippen molar-refractivity contribution in [2.75, 3.05) is 18.1 Å². The van der Waals surface area contributed by atoms with Crippen LogP contribution in [-0.2, 0) is 20.9 Å². The molecular formula is C15H19N3O3.